The van der Waals surface area contributed by atoms with E-state index < -0.39 is 5.60 Å². The first-order chi connectivity index (χ1) is 29.6. The van der Waals surface area contributed by atoms with Crippen LogP contribution in [-0.2, 0) is 0 Å². The van der Waals surface area contributed by atoms with E-state index in [9.17, 15) is 0 Å². The summed E-state index contributed by atoms with van der Waals surface area (Å²) in [7, 11) is 0. The number of hydrogen-bond acceptors (Lipinski definition) is 6. The molecule has 6 heterocycles. The molecule has 308 valence electrons. The zero-order valence-electron chi connectivity index (χ0n) is 36.4. The fourth-order valence-corrected chi connectivity index (χ4v) is 13.9. The van der Waals surface area contributed by atoms with E-state index in [0.29, 0.717) is 23.9 Å². The Balaban J connectivity index is 1.06. The van der Waals surface area contributed by atoms with Gasteiger partial charge in [0.15, 0.2) is 0 Å². The van der Waals surface area contributed by atoms with Crippen molar-refractivity contribution in [2.45, 2.75) is 140 Å². The molecular weight excluding hydrogens is 748 g/mol. The fourth-order valence-electron chi connectivity index (χ4n) is 13.9. The molecule has 1 fully saturated rings. The molecule has 13 rings (SSSR count). The molecule has 8 heteroatoms. The van der Waals surface area contributed by atoms with Crippen molar-refractivity contribution in [1.29, 1.82) is 0 Å². The van der Waals surface area contributed by atoms with E-state index in [1.165, 1.54) is 69.3 Å². The largest absolute Gasteiger partial charge is 0.491 e. The Hall–Kier alpha value is -4.84. The smallest absolute Gasteiger partial charge is 0.232 e. The predicted molar refractivity (Wildman–Crippen MR) is 250 cm³/mol. The van der Waals surface area contributed by atoms with Crippen LogP contribution in [0.5, 0.6) is 17.4 Å². The van der Waals surface area contributed by atoms with Crippen LogP contribution in [0, 0.1) is 11.3 Å². The van der Waals surface area contributed by atoms with E-state index in [4.69, 9.17) is 19.2 Å². The Kier molecular flexibility index (Phi) is 7.90. The van der Waals surface area contributed by atoms with Crippen molar-refractivity contribution in [3.63, 3.8) is 0 Å². The SMILES string of the molecule is CC1CCCCC1N1c2cc(N3c4ccccc4C4CC=CCC43)cc3c2B(c2cc4c(nc21)OC1(C)C=C(C(C)(C)C)CC2Oc5ccccc5B4C21)C1C=CCCC1O3. The lowest BCUT2D eigenvalue weighted by atomic mass is 9.26. The minimum Gasteiger partial charge on any atom is -0.491 e. The van der Waals surface area contributed by atoms with Gasteiger partial charge in [0.05, 0.1) is 6.10 Å². The normalized spacial score (nSPS) is 32.0. The van der Waals surface area contributed by atoms with Crippen LogP contribution in [0.2, 0.25) is 11.6 Å². The fraction of sp³-hybridized carbons (Fsp3) is 0.453. The summed E-state index contributed by atoms with van der Waals surface area (Å²) in [6.45, 7) is 12.0. The maximum Gasteiger partial charge on any atom is 0.232 e. The van der Waals surface area contributed by atoms with Crippen molar-refractivity contribution in [2.75, 3.05) is 9.80 Å². The Bertz CT molecular complexity index is 2600. The van der Waals surface area contributed by atoms with Gasteiger partial charge in [0.2, 0.25) is 19.3 Å². The summed E-state index contributed by atoms with van der Waals surface area (Å²) in [5, 5.41) is 0. The van der Waals surface area contributed by atoms with E-state index >= 15 is 0 Å². The molecule has 0 radical (unpaired) electrons. The molecule has 0 spiro atoms. The van der Waals surface area contributed by atoms with Gasteiger partial charge >= 0.3 is 0 Å². The summed E-state index contributed by atoms with van der Waals surface area (Å²) in [4.78, 5) is 11.3. The van der Waals surface area contributed by atoms with Crippen molar-refractivity contribution in [1.82, 2.24) is 4.98 Å². The second-order valence-corrected chi connectivity index (χ2v) is 21.2. The van der Waals surface area contributed by atoms with Crippen LogP contribution in [0.25, 0.3) is 0 Å². The number of pyridine rings is 1. The second-order valence-electron chi connectivity index (χ2n) is 21.2. The van der Waals surface area contributed by atoms with Crippen LogP contribution >= 0.6 is 0 Å². The van der Waals surface area contributed by atoms with Crippen LogP contribution in [-0.4, -0.2) is 48.3 Å². The van der Waals surface area contributed by atoms with Crippen LogP contribution in [0.1, 0.15) is 104 Å². The standard InChI is InChI=1S/C53H57B2N3O3/c1-31-16-6-11-21-40(31)58-43-27-33(57-41-22-12-7-17-34(41)35-18-8-13-23-42(35)57)28-46-48(43)54(36-19-9-14-24-44(36)59-46)38-29-39-51(56-50(38)58)61-53(5)30-32(52(2,3)4)26-47-49(53)55(39)37-20-10-15-25-45(37)60-47/h7-10,12-13,15,17,19-20,22,25,27-31,35-36,40,42,44,47,49H,6,11,14,16,18,21,23-24,26H2,1-5H3. The molecule has 3 aromatic carbocycles. The third-order valence-electron chi connectivity index (χ3n) is 16.8. The number of para-hydroxylation sites is 2. The topological polar surface area (TPSA) is 47.1 Å². The van der Waals surface area contributed by atoms with Crippen molar-refractivity contribution in [3.05, 3.63) is 108 Å². The number of hydrogen-bond donors (Lipinski definition) is 0. The number of anilines is 4. The van der Waals surface area contributed by atoms with Gasteiger partial charge in [-0.05, 0) is 108 Å². The highest BCUT2D eigenvalue weighted by atomic mass is 16.5. The number of aromatic nitrogens is 1. The Morgan fingerprint density at radius 3 is 2.48 bits per heavy atom. The minimum absolute atomic E-state index is 0.000653. The molecule has 1 aromatic heterocycles. The number of benzene rings is 3. The maximum atomic E-state index is 7.49. The van der Waals surface area contributed by atoms with Crippen LogP contribution < -0.4 is 45.9 Å². The van der Waals surface area contributed by atoms with Crippen molar-refractivity contribution in [3.8, 4) is 17.4 Å². The highest BCUT2D eigenvalue weighted by Gasteiger charge is 2.60. The highest BCUT2D eigenvalue weighted by Crippen LogP contribution is 2.55. The molecule has 5 aliphatic heterocycles. The number of allylic oxidation sites excluding steroid dienone is 2. The number of rotatable bonds is 2. The van der Waals surface area contributed by atoms with E-state index in [-0.39, 0.29) is 42.7 Å². The van der Waals surface area contributed by atoms with E-state index in [0.717, 1.165) is 61.7 Å². The summed E-state index contributed by atoms with van der Waals surface area (Å²) in [6.07, 6.45) is 22.3. The summed E-state index contributed by atoms with van der Waals surface area (Å²) in [5.41, 5.74) is 11.4. The van der Waals surface area contributed by atoms with Gasteiger partial charge in [-0.25, -0.2) is 0 Å². The lowest BCUT2D eigenvalue weighted by molar-refractivity contribution is 0.0447. The third-order valence-corrected chi connectivity index (χ3v) is 16.8. The molecule has 61 heavy (non-hydrogen) atoms. The van der Waals surface area contributed by atoms with Gasteiger partial charge in [-0.2, -0.15) is 4.98 Å². The summed E-state index contributed by atoms with van der Waals surface area (Å²) in [5.74, 6) is 5.35. The summed E-state index contributed by atoms with van der Waals surface area (Å²) < 4.78 is 21.8. The predicted octanol–water partition coefficient (Wildman–Crippen LogP) is 9.42. The Labute approximate surface area is 362 Å². The van der Waals surface area contributed by atoms with E-state index in [1.807, 2.05) is 0 Å². The lowest BCUT2D eigenvalue weighted by Gasteiger charge is -2.54. The highest BCUT2D eigenvalue weighted by molar-refractivity contribution is 6.92. The molecule has 0 amide bonds. The molecule has 6 nitrogen and oxygen atoms in total. The zero-order chi connectivity index (χ0) is 40.9. The summed E-state index contributed by atoms with van der Waals surface area (Å²) >= 11 is 0. The first-order valence-electron chi connectivity index (χ1n) is 23.7. The van der Waals surface area contributed by atoms with Gasteiger partial charge < -0.3 is 24.0 Å². The molecule has 9 aliphatic rings. The van der Waals surface area contributed by atoms with Gasteiger partial charge in [-0.3, -0.25) is 0 Å². The van der Waals surface area contributed by atoms with Gasteiger partial charge in [0.25, 0.3) is 0 Å². The van der Waals surface area contributed by atoms with Crippen LogP contribution in [0.3, 0.4) is 0 Å². The van der Waals surface area contributed by atoms with Crippen LogP contribution in [0.4, 0.5) is 22.9 Å². The minimum atomic E-state index is -0.572. The molecule has 1 saturated carbocycles. The Morgan fingerprint density at radius 1 is 0.770 bits per heavy atom. The van der Waals surface area contributed by atoms with Gasteiger partial charge in [-0.1, -0.05) is 113 Å². The average Bonchev–Trinajstić information content (AvgIpc) is 3.60. The molecule has 9 unspecified atom stereocenters. The van der Waals surface area contributed by atoms with Gasteiger partial charge in [-0.15, -0.1) is 0 Å². The van der Waals surface area contributed by atoms with E-state index in [2.05, 4.69) is 142 Å². The second kappa shape index (κ2) is 13.1. The first kappa shape index (κ1) is 36.8. The zero-order valence-corrected chi connectivity index (χ0v) is 36.4. The molecule has 4 aromatic rings. The number of nitrogens with zero attached hydrogens (tertiary/aromatic N) is 3. The molecule has 0 saturated heterocycles. The van der Waals surface area contributed by atoms with Crippen molar-refractivity contribution < 1.29 is 14.2 Å². The van der Waals surface area contributed by atoms with Gasteiger partial charge in [0.1, 0.15) is 29.0 Å². The number of fused-ring (bicyclic) bond motifs is 11. The molecular formula is C53H57B2N3O3. The van der Waals surface area contributed by atoms with Gasteiger partial charge in [0, 0.05) is 59.2 Å². The molecule has 4 aliphatic carbocycles. The quantitative estimate of drug-likeness (QED) is 0.149. The van der Waals surface area contributed by atoms with Crippen LogP contribution in [0.15, 0.2) is 103 Å². The monoisotopic (exact) mass is 805 g/mol. The van der Waals surface area contributed by atoms with Crippen molar-refractivity contribution >= 4 is 58.2 Å². The lowest BCUT2D eigenvalue weighted by Crippen LogP contribution is -2.68. The first-order valence-corrected chi connectivity index (χ1v) is 23.7. The van der Waals surface area contributed by atoms with Crippen molar-refractivity contribution in [2.24, 2.45) is 11.3 Å². The Morgan fingerprint density at radius 2 is 1.59 bits per heavy atom. The molecule has 0 N–H and O–H groups in total. The number of ether oxygens (including phenoxy) is 3. The molecule has 0 bridgehead atoms. The molecule has 9 atom stereocenters. The summed E-state index contributed by atoms with van der Waals surface area (Å²) in [6, 6.07) is 26.3. The third kappa shape index (κ3) is 5.26. The maximum absolute atomic E-state index is 7.49. The van der Waals surface area contributed by atoms with E-state index in [1.54, 1.807) is 0 Å². The average molecular weight is 806 g/mol.